The predicted octanol–water partition coefficient (Wildman–Crippen LogP) is 3.86. The average Bonchev–Trinajstić information content (AvgIpc) is 2.95. The number of rotatable bonds is 4. The third kappa shape index (κ3) is 3.14. The second kappa shape index (κ2) is 7.14. The second-order valence-corrected chi connectivity index (χ2v) is 6.73. The molecule has 3 atom stereocenters. The van der Waals surface area contributed by atoms with E-state index in [2.05, 4.69) is 23.5 Å². The monoisotopic (exact) mass is 343 g/mol. The van der Waals surface area contributed by atoms with Crippen molar-refractivity contribution < 1.29 is 9.90 Å². The van der Waals surface area contributed by atoms with E-state index in [1.165, 1.54) is 5.56 Å². The Kier molecular flexibility index (Phi) is 4.55. The van der Waals surface area contributed by atoms with Gasteiger partial charge in [-0.2, -0.15) is 0 Å². The third-order valence-electron chi connectivity index (χ3n) is 5.11. The van der Waals surface area contributed by atoms with Crippen LogP contribution in [-0.4, -0.2) is 17.1 Å². The topological polar surface area (TPSA) is 49.3 Å². The Labute approximate surface area is 153 Å². The van der Waals surface area contributed by atoms with Crippen LogP contribution in [0, 0.1) is 0 Å². The van der Waals surface area contributed by atoms with Crippen LogP contribution in [0.3, 0.4) is 0 Å². The van der Waals surface area contributed by atoms with Crippen molar-refractivity contribution in [2.45, 2.75) is 24.5 Å². The van der Waals surface area contributed by atoms with E-state index in [1.54, 1.807) is 12.1 Å². The van der Waals surface area contributed by atoms with Crippen LogP contribution in [0.15, 0.2) is 84.9 Å². The Morgan fingerprint density at radius 3 is 2.08 bits per heavy atom. The van der Waals surface area contributed by atoms with Gasteiger partial charge in [-0.05, 0) is 35.2 Å². The van der Waals surface area contributed by atoms with E-state index in [1.807, 2.05) is 54.6 Å². The lowest BCUT2D eigenvalue weighted by atomic mass is 9.92. The minimum absolute atomic E-state index is 0.0327. The molecule has 1 amide bonds. The van der Waals surface area contributed by atoms with E-state index in [4.69, 9.17) is 0 Å². The Balaban J connectivity index is 1.61. The van der Waals surface area contributed by atoms with Crippen molar-refractivity contribution in [1.82, 2.24) is 5.32 Å². The first-order chi connectivity index (χ1) is 12.7. The fourth-order valence-corrected chi connectivity index (χ4v) is 3.81. The zero-order valence-electron chi connectivity index (χ0n) is 14.4. The highest BCUT2D eigenvalue weighted by Crippen LogP contribution is 2.42. The largest absolute Gasteiger partial charge is 0.390 e. The number of fused-ring (bicyclic) bond motifs is 1. The summed E-state index contributed by atoms with van der Waals surface area (Å²) in [5.41, 5.74) is 3.90. The molecule has 0 aromatic heterocycles. The first-order valence-electron chi connectivity index (χ1n) is 8.91. The molecule has 3 heteroatoms. The van der Waals surface area contributed by atoms with Crippen molar-refractivity contribution in [3.8, 4) is 0 Å². The SMILES string of the molecule is O=C(N[C@@H]1c2ccccc2[C@H](Cc2ccccc2)C1O)c1ccccc1. The Morgan fingerprint density at radius 2 is 1.38 bits per heavy atom. The van der Waals surface area contributed by atoms with Crippen LogP contribution in [0.5, 0.6) is 0 Å². The first kappa shape index (κ1) is 16.6. The Hall–Kier alpha value is -2.91. The van der Waals surface area contributed by atoms with Gasteiger partial charge in [-0.1, -0.05) is 72.8 Å². The maximum Gasteiger partial charge on any atom is 0.251 e. The molecule has 1 aliphatic carbocycles. The van der Waals surface area contributed by atoms with Crippen molar-refractivity contribution in [2.24, 2.45) is 0 Å². The zero-order chi connectivity index (χ0) is 17.9. The molecule has 0 bridgehead atoms. The minimum Gasteiger partial charge on any atom is -0.390 e. The fraction of sp³-hybridized carbons (Fsp3) is 0.174. The maximum atomic E-state index is 12.6. The number of nitrogens with one attached hydrogen (secondary N) is 1. The summed E-state index contributed by atoms with van der Waals surface area (Å²) in [7, 11) is 0. The van der Waals surface area contributed by atoms with Crippen molar-refractivity contribution in [3.05, 3.63) is 107 Å². The predicted molar refractivity (Wildman–Crippen MR) is 102 cm³/mol. The second-order valence-electron chi connectivity index (χ2n) is 6.73. The molecule has 130 valence electrons. The summed E-state index contributed by atoms with van der Waals surface area (Å²) in [6.07, 6.45) is 0.0942. The van der Waals surface area contributed by atoms with E-state index >= 15 is 0 Å². The molecular formula is C23H21NO2. The van der Waals surface area contributed by atoms with Crippen LogP contribution >= 0.6 is 0 Å². The number of benzene rings is 3. The maximum absolute atomic E-state index is 12.6. The third-order valence-corrected chi connectivity index (χ3v) is 5.11. The molecule has 2 N–H and O–H groups in total. The smallest absolute Gasteiger partial charge is 0.251 e. The quantitative estimate of drug-likeness (QED) is 0.756. The number of amides is 1. The van der Waals surface area contributed by atoms with Gasteiger partial charge in [0.05, 0.1) is 12.1 Å². The average molecular weight is 343 g/mol. The van der Waals surface area contributed by atoms with Crippen molar-refractivity contribution in [2.75, 3.05) is 0 Å². The lowest BCUT2D eigenvalue weighted by molar-refractivity contribution is 0.0813. The zero-order valence-corrected chi connectivity index (χ0v) is 14.4. The standard InChI is InChI=1S/C23H21NO2/c25-22-20(15-16-9-3-1-4-10-16)18-13-7-8-14-19(18)21(22)24-23(26)17-11-5-2-6-12-17/h1-14,20-22,25H,15H2,(H,24,26)/t20-,21+,22?/m0/s1. The van der Waals surface area contributed by atoms with Gasteiger partial charge in [0.15, 0.2) is 0 Å². The molecule has 1 aliphatic rings. The van der Waals surface area contributed by atoms with Gasteiger partial charge in [0.1, 0.15) is 0 Å². The fourth-order valence-electron chi connectivity index (χ4n) is 3.81. The molecule has 4 rings (SSSR count). The number of aliphatic hydroxyl groups excluding tert-OH is 1. The minimum atomic E-state index is -0.653. The summed E-state index contributed by atoms with van der Waals surface area (Å²) in [5.74, 6) is -0.195. The van der Waals surface area contributed by atoms with Crippen LogP contribution in [0.1, 0.15) is 39.0 Å². The molecule has 0 radical (unpaired) electrons. The number of hydrogen-bond donors (Lipinski definition) is 2. The Bertz CT molecular complexity index is 892. The molecule has 0 fully saturated rings. The summed E-state index contributed by atoms with van der Waals surface area (Å²) in [6, 6.07) is 26.9. The van der Waals surface area contributed by atoms with E-state index in [9.17, 15) is 9.90 Å². The number of carbonyl (C=O) groups excluding carboxylic acids is 1. The Morgan fingerprint density at radius 1 is 0.808 bits per heavy atom. The molecule has 3 aromatic rings. The van der Waals surface area contributed by atoms with Gasteiger partial charge in [0.25, 0.3) is 5.91 Å². The number of carbonyl (C=O) groups is 1. The lowest BCUT2D eigenvalue weighted by Gasteiger charge is -2.21. The summed E-state index contributed by atoms with van der Waals surface area (Å²) in [4.78, 5) is 12.6. The highest BCUT2D eigenvalue weighted by atomic mass is 16.3. The van der Waals surface area contributed by atoms with Gasteiger partial charge in [-0.15, -0.1) is 0 Å². The van der Waals surface area contributed by atoms with Crippen LogP contribution < -0.4 is 5.32 Å². The van der Waals surface area contributed by atoms with Gasteiger partial charge in [0, 0.05) is 11.5 Å². The highest BCUT2D eigenvalue weighted by molar-refractivity contribution is 5.94. The molecule has 0 saturated heterocycles. The van der Waals surface area contributed by atoms with Crippen molar-refractivity contribution in [1.29, 1.82) is 0 Å². The van der Waals surface area contributed by atoms with E-state index < -0.39 is 12.1 Å². The highest BCUT2D eigenvalue weighted by Gasteiger charge is 2.40. The molecule has 3 nitrogen and oxygen atoms in total. The molecular weight excluding hydrogens is 322 g/mol. The van der Waals surface area contributed by atoms with Crippen molar-refractivity contribution in [3.63, 3.8) is 0 Å². The van der Waals surface area contributed by atoms with Gasteiger partial charge in [-0.25, -0.2) is 0 Å². The van der Waals surface area contributed by atoms with Crippen molar-refractivity contribution >= 4 is 5.91 Å². The van der Waals surface area contributed by atoms with Gasteiger partial charge in [-0.3, -0.25) is 4.79 Å². The normalized spacial score (nSPS) is 21.2. The molecule has 0 spiro atoms. The van der Waals surface area contributed by atoms with Crippen LogP contribution in [0.4, 0.5) is 0 Å². The first-order valence-corrected chi connectivity index (χ1v) is 8.91. The molecule has 0 saturated carbocycles. The summed E-state index contributed by atoms with van der Waals surface area (Å²) >= 11 is 0. The number of hydrogen-bond acceptors (Lipinski definition) is 2. The molecule has 3 aromatic carbocycles. The van der Waals surface area contributed by atoms with Crippen LogP contribution in [0.2, 0.25) is 0 Å². The van der Waals surface area contributed by atoms with Gasteiger partial charge >= 0.3 is 0 Å². The summed E-state index contributed by atoms with van der Waals surface area (Å²) < 4.78 is 0. The lowest BCUT2D eigenvalue weighted by Crippen LogP contribution is -2.35. The number of aliphatic hydroxyl groups is 1. The van der Waals surface area contributed by atoms with E-state index in [0.29, 0.717) is 5.56 Å². The van der Waals surface area contributed by atoms with Gasteiger partial charge < -0.3 is 10.4 Å². The van der Waals surface area contributed by atoms with Crippen LogP contribution in [-0.2, 0) is 6.42 Å². The molecule has 0 aliphatic heterocycles. The summed E-state index contributed by atoms with van der Waals surface area (Å²) in [6.45, 7) is 0. The van der Waals surface area contributed by atoms with E-state index in [-0.39, 0.29) is 11.8 Å². The van der Waals surface area contributed by atoms with Gasteiger partial charge in [0.2, 0.25) is 0 Å². The molecule has 1 unspecified atom stereocenters. The molecule has 0 heterocycles. The van der Waals surface area contributed by atoms with Crippen LogP contribution in [0.25, 0.3) is 0 Å². The summed E-state index contributed by atoms with van der Waals surface area (Å²) in [5, 5.41) is 14.0. The molecule has 26 heavy (non-hydrogen) atoms. The van der Waals surface area contributed by atoms with E-state index in [0.717, 1.165) is 17.5 Å².